The molecule has 6 atom stereocenters. The SMILES string of the molecule is CO[C@@H]1O[C@@H]2COC(c3ccccc3)O[C@H]2[C@H](OCc2ccccc2)[C@H]1O[Si](C(C)C)(C(C)C)C(C)C. The molecule has 2 saturated heterocycles. The molecule has 4 rings (SSSR count). The van der Waals surface area contributed by atoms with Crippen molar-refractivity contribution in [2.24, 2.45) is 0 Å². The van der Waals surface area contributed by atoms with Crippen LogP contribution in [0, 0.1) is 0 Å². The molecule has 0 N–H and O–H groups in total. The average Bonchev–Trinajstić information content (AvgIpc) is 2.90. The molecule has 2 fully saturated rings. The van der Waals surface area contributed by atoms with Crippen molar-refractivity contribution in [3.8, 4) is 0 Å². The van der Waals surface area contributed by atoms with E-state index in [0.717, 1.165) is 11.1 Å². The highest BCUT2D eigenvalue weighted by Gasteiger charge is 2.56. The molecule has 6 nitrogen and oxygen atoms in total. The quantitative estimate of drug-likeness (QED) is 0.323. The van der Waals surface area contributed by atoms with Crippen molar-refractivity contribution in [3.63, 3.8) is 0 Å². The fourth-order valence-electron chi connectivity index (χ4n) is 6.24. The molecule has 204 valence electrons. The predicted molar refractivity (Wildman–Crippen MR) is 147 cm³/mol. The van der Waals surface area contributed by atoms with E-state index in [1.165, 1.54) is 0 Å². The summed E-state index contributed by atoms with van der Waals surface area (Å²) in [4.78, 5) is 0. The Balaban J connectivity index is 1.69. The Bertz CT molecular complexity index is 931. The molecule has 1 unspecified atom stereocenters. The topological polar surface area (TPSA) is 55.4 Å². The Morgan fingerprint density at radius 2 is 1.41 bits per heavy atom. The Hall–Kier alpha value is -1.58. The molecule has 0 amide bonds. The zero-order valence-corrected chi connectivity index (χ0v) is 24.3. The number of hydrogen-bond acceptors (Lipinski definition) is 6. The van der Waals surface area contributed by atoms with Gasteiger partial charge in [0, 0.05) is 12.7 Å². The first-order chi connectivity index (χ1) is 17.8. The first-order valence-corrected chi connectivity index (χ1v) is 15.8. The minimum Gasteiger partial charge on any atom is -0.405 e. The largest absolute Gasteiger partial charge is 0.405 e. The standard InChI is InChI=1S/C30H44O6Si/c1-20(2)37(21(3)4,22(5)6)36-28-27(32-18-23-14-10-8-11-15-23)26-25(34-30(28)31-7)19-33-29(35-26)24-16-12-9-13-17-24/h8-17,20-22,25-30H,18-19H2,1-7H3/t25-,26-,27+,28-,29?,30-/m1/s1. The molecule has 2 heterocycles. The number of methoxy groups -OCH3 is 1. The summed E-state index contributed by atoms with van der Waals surface area (Å²) in [6.45, 7) is 14.6. The second kappa shape index (κ2) is 12.5. The van der Waals surface area contributed by atoms with Crippen LogP contribution in [-0.2, 0) is 34.7 Å². The van der Waals surface area contributed by atoms with Crippen LogP contribution in [0.5, 0.6) is 0 Å². The van der Waals surface area contributed by atoms with E-state index in [9.17, 15) is 0 Å². The number of hydrogen-bond donors (Lipinski definition) is 0. The van der Waals surface area contributed by atoms with Gasteiger partial charge in [0.2, 0.25) is 8.32 Å². The first kappa shape index (κ1) is 28.4. The smallest absolute Gasteiger partial charge is 0.201 e. The van der Waals surface area contributed by atoms with Crippen molar-refractivity contribution < 1.29 is 28.1 Å². The van der Waals surface area contributed by atoms with Gasteiger partial charge in [0.05, 0.1) is 13.2 Å². The van der Waals surface area contributed by atoms with Gasteiger partial charge in [0.15, 0.2) is 12.6 Å². The summed E-state index contributed by atoms with van der Waals surface area (Å²) >= 11 is 0. The Labute approximate surface area is 223 Å². The molecule has 0 bridgehead atoms. The molecule has 2 aliphatic rings. The van der Waals surface area contributed by atoms with Gasteiger partial charge in [0.25, 0.3) is 0 Å². The summed E-state index contributed by atoms with van der Waals surface area (Å²) in [5.41, 5.74) is 3.30. The third-order valence-electron chi connectivity index (χ3n) is 7.92. The van der Waals surface area contributed by atoms with Crippen molar-refractivity contribution in [2.75, 3.05) is 13.7 Å². The summed E-state index contributed by atoms with van der Waals surface area (Å²) in [6, 6.07) is 20.3. The zero-order chi connectivity index (χ0) is 26.6. The van der Waals surface area contributed by atoms with E-state index in [1.54, 1.807) is 7.11 Å². The summed E-state index contributed by atoms with van der Waals surface area (Å²) < 4.78 is 39.1. The molecular weight excluding hydrogens is 484 g/mol. The van der Waals surface area contributed by atoms with E-state index in [-0.39, 0.29) is 18.3 Å². The molecule has 2 aromatic carbocycles. The molecule has 2 aliphatic heterocycles. The lowest BCUT2D eigenvalue weighted by Gasteiger charge is -2.53. The maximum Gasteiger partial charge on any atom is 0.201 e. The minimum atomic E-state index is -2.29. The van der Waals surface area contributed by atoms with Gasteiger partial charge in [-0.15, -0.1) is 0 Å². The third-order valence-corrected chi connectivity index (χ3v) is 14.0. The van der Waals surface area contributed by atoms with E-state index in [4.69, 9.17) is 28.1 Å². The van der Waals surface area contributed by atoms with E-state index in [0.29, 0.717) is 29.8 Å². The molecule has 2 aromatic rings. The molecular formula is C30H44O6Si. The summed E-state index contributed by atoms with van der Waals surface area (Å²) in [6.07, 6.45) is -2.57. The summed E-state index contributed by atoms with van der Waals surface area (Å²) in [5.74, 6) is 0. The molecule has 0 aromatic heterocycles. The van der Waals surface area contributed by atoms with Crippen LogP contribution < -0.4 is 0 Å². The number of rotatable bonds is 10. The van der Waals surface area contributed by atoms with Crippen LogP contribution in [0.25, 0.3) is 0 Å². The van der Waals surface area contributed by atoms with Gasteiger partial charge in [-0.3, -0.25) is 0 Å². The highest BCUT2D eigenvalue weighted by atomic mass is 28.4. The highest BCUT2D eigenvalue weighted by Crippen LogP contribution is 2.46. The lowest BCUT2D eigenvalue weighted by molar-refractivity contribution is -0.362. The number of fused-ring (bicyclic) bond motifs is 1. The maximum atomic E-state index is 7.30. The van der Waals surface area contributed by atoms with Crippen LogP contribution in [0.1, 0.15) is 59.0 Å². The van der Waals surface area contributed by atoms with Crippen molar-refractivity contribution in [2.45, 2.75) is 102 Å². The van der Waals surface area contributed by atoms with Crippen LogP contribution in [0.15, 0.2) is 60.7 Å². The fourth-order valence-corrected chi connectivity index (χ4v) is 11.8. The number of benzene rings is 2. The van der Waals surface area contributed by atoms with Crippen molar-refractivity contribution in [1.29, 1.82) is 0 Å². The second-order valence-corrected chi connectivity index (χ2v) is 16.5. The van der Waals surface area contributed by atoms with E-state index >= 15 is 0 Å². The minimum absolute atomic E-state index is 0.321. The zero-order valence-electron chi connectivity index (χ0n) is 23.3. The lowest BCUT2D eigenvalue weighted by Crippen LogP contribution is -2.66. The Kier molecular flexibility index (Phi) is 9.61. The van der Waals surface area contributed by atoms with Crippen molar-refractivity contribution in [3.05, 3.63) is 71.8 Å². The molecule has 0 aliphatic carbocycles. The molecule has 0 radical (unpaired) electrons. The first-order valence-electron chi connectivity index (χ1n) is 13.6. The van der Waals surface area contributed by atoms with Gasteiger partial charge in [-0.1, -0.05) is 102 Å². The molecule has 37 heavy (non-hydrogen) atoms. The van der Waals surface area contributed by atoms with Crippen molar-refractivity contribution >= 4 is 8.32 Å². The van der Waals surface area contributed by atoms with Gasteiger partial charge < -0.3 is 28.1 Å². The Morgan fingerprint density at radius 1 is 0.811 bits per heavy atom. The fraction of sp³-hybridized carbons (Fsp3) is 0.600. The van der Waals surface area contributed by atoms with Crippen LogP contribution in [0.3, 0.4) is 0 Å². The Morgan fingerprint density at radius 3 is 1.97 bits per heavy atom. The number of ether oxygens (including phenoxy) is 5. The molecule has 0 saturated carbocycles. The van der Waals surface area contributed by atoms with Gasteiger partial charge in [0.1, 0.15) is 24.4 Å². The van der Waals surface area contributed by atoms with Crippen LogP contribution >= 0.6 is 0 Å². The van der Waals surface area contributed by atoms with Gasteiger partial charge in [-0.2, -0.15) is 0 Å². The van der Waals surface area contributed by atoms with E-state index in [2.05, 4.69) is 53.7 Å². The van der Waals surface area contributed by atoms with Gasteiger partial charge >= 0.3 is 0 Å². The van der Waals surface area contributed by atoms with Crippen molar-refractivity contribution in [1.82, 2.24) is 0 Å². The monoisotopic (exact) mass is 528 g/mol. The van der Waals surface area contributed by atoms with Gasteiger partial charge in [-0.05, 0) is 22.2 Å². The summed E-state index contributed by atoms with van der Waals surface area (Å²) in [7, 11) is -0.611. The average molecular weight is 529 g/mol. The van der Waals surface area contributed by atoms with Crippen LogP contribution in [0.2, 0.25) is 16.6 Å². The molecule has 0 spiro atoms. The predicted octanol–water partition coefficient (Wildman–Crippen LogP) is 6.62. The van der Waals surface area contributed by atoms with E-state index in [1.807, 2.05) is 48.5 Å². The maximum absolute atomic E-state index is 7.30. The normalized spacial score (nSPS) is 28.6. The third kappa shape index (κ3) is 6.03. The van der Waals surface area contributed by atoms with Gasteiger partial charge in [-0.25, -0.2) is 0 Å². The van der Waals surface area contributed by atoms with Crippen LogP contribution in [-0.4, -0.2) is 52.7 Å². The van der Waals surface area contributed by atoms with E-state index < -0.39 is 27.0 Å². The highest BCUT2D eigenvalue weighted by molar-refractivity contribution is 6.77. The van der Waals surface area contributed by atoms with Crippen LogP contribution in [0.4, 0.5) is 0 Å². The lowest BCUT2D eigenvalue weighted by atomic mass is 9.97. The summed E-state index contributed by atoms with van der Waals surface area (Å²) in [5, 5.41) is 0. The molecule has 7 heteroatoms. The second-order valence-electron chi connectivity index (χ2n) is 11.1.